The fraction of sp³-hybridized carbons (Fsp3) is 0.353. The maximum absolute atomic E-state index is 12.3. The molecule has 1 aromatic heterocycles. The molecule has 0 spiro atoms. The molecule has 0 N–H and O–H groups in total. The molecule has 4 aromatic rings. The summed E-state index contributed by atoms with van der Waals surface area (Å²) in [5, 5.41) is 1.06. The second-order valence-corrected chi connectivity index (χ2v) is 10.5. The van der Waals surface area contributed by atoms with E-state index >= 15 is 0 Å². The number of ether oxygens (including phenoxy) is 2. The lowest BCUT2D eigenvalue weighted by atomic mass is 9.88. The van der Waals surface area contributed by atoms with E-state index in [1.807, 2.05) is 31.2 Å². The summed E-state index contributed by atoms with van der Waals surface area (Å²) in [6, 6.07) is 25.3. The Morgan fingerprint density at radius 3 is 2.44 bits per heavy atom. The number of hydrogen-bond donors (Lipinski definition) is 0. The molecule has 1 aliphatic carbocycles. The van der Waals surface area contributed by atoms with Crippen molar-refractivity contribution in [2.45, 2.75) is 52.5 Å². The van der Waals surface area contributed by atoms with Crippen LogP contribution in [-0.4, -0.2) is 31.2 Å². The van der Waals surface area contributed by atoms with E-state index in [1.54, 1.807) is 13.2 Å². The number of aromatic nitrogens is 1. The number of carbonyl (C=O) groups is 1. The summed E-state index contributed by atoms with van der Waals surface area (Å²) in [5.41, 5.74) is 7.12. The van der Waals surface area contributed by atoms with Gasteiger partial charge < -0.3 is 14.4 Å². The zero-order valence-electron chi connectivity index (χ0n) is 23.3. The lowest BCUT2D eigenvalue weighted by molar-refractivity contribution is 0.0520. The van der Waals surface area contributed by atoms with Crippen LogP contribution in [0.2, 0.25) is 0 Å². The van der Waals surface area contributed by atoms with Gasteiger partial charge in [0.25, 0.3) is 0 Å². The van der Waals surface area contributed by atoms with Crippen molar-refractivity contribution in [3.8, 4) is 16.9 Å². The SMILES string of the molecule is CCOC(=O)c1ccc2c(N(Cc3ccc(-c4ccc(OC)c(C)c4)cc3)CC3CCCCC3)cccc2n1. The van der Waals surface area contributed by atoms with Gasteiger partial charge in [-0.05, 0) is 91.3 Å². The van der Waals surface area contributed by atoms with Crippen LogP contribution in [0, 0.1) is 12.8 Å². The number of hydrogen-bond acceptors (Lipinski definition) is 5. The summed E-state index contributed by atoms with van der Waals surface area (Å²) < 4.78 is 10.6. The van der Waals surface area contributed by atoms with Crippen molar-refractivity contribution >= 4 is 22.6 Å². The number of anilines is 1. The Kier molecular flexibility index (Phi) is 8.45. The third-order valence-electron chi connectivity index (χ3n) is 7.79. The topological polar surface area (TPSA) is 51.7 Å². The largest absolute Gasteiger partial charge is 0.496 e. The zero-order valence-corrected chi connectivity index (χ0v) is 23.3. The molecule has 3 aromatic carbocycles. The number of aryl methyl sites for hydroxylation is 1. The van der Waals surface area contributed by atoms with Gasteiger partial charge in [0, 0.05) is 24.2 Å². The average Bonchev–Trinajstić information content (AvgIpc) is 2.97. The van der Waals surface area contributed by atoms with Crippen LogP contribution in [0.1, 0.15) is 60.6 Å². The first-order valence-electron chi connectivity index (χ1n) is 14.1. The van der Waals surface area contributed by atoms with Gasteiger partial charge >= 0.3 is 5.97 Å². The Hall–Kier alpha value is -3.86. The van der Waals surface area contributed by atoms with Gasteiger partial charge in [-0.1, -0.05) is 55.7 Å². The summed E-state index contributed by atoms with van der Waals surface area (Å²) >= 11 is 0. The number of rotatable bonds is 9. The van der Waals surface area contributed by atoms with Crippen LogP contribution in [0.15, 0.2) is 72.8 Å². The molecule has 0 radical (unpaired) electrons. The summed E-state index contributed by atoms with van der Waals surface area (Å²) in [7, 11) is 1.71. The number of fused-ring (bicyclic) bond motifs is 1. The smallest absolute Gasteiger partial charge is 0.356 e. The molecule has 39 heavy (non-hydrogen) atoms. The van der Waals surface area contributed by atoms with E-state index in [1.165, 1.54) is 48.8 Å². The molecule has 1 heterocycles. The van der Waals surface area contributed by atoms with Gasteiger partial charge in [0.05, 0.1) is 19.2 Å². The fourth-order valence-corrected chi connectivity index (χ4v) is 5.74. The van der Waals surface area contributed by atoms with Gasteiger partial charge in [-0.15, -0.1) is 0 Å². The minimum absolute atomic E-state index is 0.338. The molecule has 0 atom stereocenters. The molecule has 5 heteroatoms. The molecule has 0 saturated heterocycles. The number of benzene rings is 3. The molecule has 0 aliphatic heterocycles. The quantitative estimate of drug-likeness (QED) is 0.209. The van der Waals surface area contributed by atoms with E-state index in [4.69, 9.17) is 9.47 Å². The molecule has 1 aliphatic rings. The van der Waals surface area contributed by atoms with Crippen molar-refractivity contribution in [1.29, 1.82) is 0 Å². The summed E-state index contributed by atoms with van der Waals surface area (Å²) in [5.74, 6) is 1.21. The van der Waals surface area contributed by atoms with Crippen LogP contribution in [0.5, 0.6) is 5.75 Å². The minimum Gasteiger partial charge on any atom is -0.496 e. The molecule has 0 bridgehead atoms. The lowest BCUT2D eigenvalue weighted by Gasteiger charge is -2.32. The number of carbonyl (C=O) groups excluding carboxylic acids is 1. The van der Waals surface area contributed by atoms with E-state index in [-0.39, 0.29) is 5.97 Å². The molecule has 5 rings (SSSR count). The Balaban J connectivity index is 1.44. The normalized spacial score (nSPS) is 13.8. The highest BCUT2D eigenvalue weighted by atomic mass is 16.5. The third-order valence-corrected chi connectivity index (χ3v) is 7.79. The predicted octanol–water partition coefficient (Wildman–Crippen LogP) is 7.98. The monoisotopic (exact) mass is 522 g/mol. The van der Waals surface area contributed by atoms with Crippen LogP contribution in [-0.2, 0) is 11.3 Å². The third kappa shape index (κ3) is 6.25. The number of nitrogens with zero attached hydrogens (tertiary/aromatic N) is 2. The second-order valence-electron chi connectivity index (χ2n) is 10.5. The predicted molar refractivity (Wildman–Crippen MR) is 158 cm³/mol. The first kappa shape index (κ1) is 26.7. The van der Waals surface area contributed by atoms with Gasteiger partial charge in [-0.25, -0.2) is 9.78 Å². The van der Waals surface area contributed by atoms with Crippen LogP contribution < -0.4 is 9.64 Å². The Morgan fingerprint density at radius 1 is 0.949 bits per heavy atom. The number of pyridine rings is 1. The van der Waals surface area contributed by atoms with Crippen molar-refractivity contribution in [2.24, 2.45) is 5.92 Å². The van der Waals surface area contributed by atoms with Crippen LogP contribution in [0.3, 0.4) is 0 Å². The molecule has 0 amide bonds. The van der Waals surface area contributed by atoms with E-state index < -0.39 is 0 Å². The van der Waals surface area contributed by atoms with Gasteiger partial charge in [-0.3, -0.25) is 0 Å². The van der Waals surface area contributed by atoms with Crippen molar-refractivity contribution in [1.82, 2.24) is 4.98 Å². The average molecular weight is 523 g/mol. The van der Waals surface area contributed by atoms with Crippen molar-refractivity contribution in [2.75, 3.05) is 25.2 Å². The molecule has 5 nitrogen and oxygen atoms in total. The molecular formula is C34H38N2O3. The Bertz CT molecular complexity index is 1420. The van der Waals surface area contributed by atoms with E-state index in [0.717, 1.165) is 41.0 Å². The highest BCUT2D eigenvalue weighted by molar-refractivity contribution is 5.96. The van der Waals surface area contributed by atoms with Gasteiger partial charge in [-0.2, -0.15) is 0 Å². The first-order chi connectivity index (χ1) is 19.1. The maximum atomic E-state index is 12.3. The Labute approximate surface area is 231 Å². The fourth-order valence-electron chi connectivity index (χ4n) is 5.74. The highest BCUT2D eigenvalue weighted by Gasteiger charge is 2.20. The van der Waals surface area contributed by atoms with Crippen molar-refractivity contribution in [3.63, 3.8) is 0 Å². The van der Waals surface area contributed by atoms with Gasteiger partial charge in [0.2, 0.25) is 0 Å². The van der Waals surface area contributed by atoms with Crippen LogP contribution >= 0.6 is 0 Å². The molecular weight excluding hydrogens is 484 g/mol. The van der Waals surface area contributed by atoms with E-state index in [2.05, 4.69) is 59.3 Å². The second kappa shape index (κ2) is 12.3. The first-order valence-corrected chi connectivity index (χ1v) is 14.1. The molecule has 202 valence electrons. The highest BCUT2D eigenvalue weighted by Crippen LogP contribution is 2.32. The zero-order chi connectivity index (χ0) is 27.2. The van der Waals surface area contributed by atoms with E-state index in [9.17, 15) is 4.79 Å². The Morgan fingerprint density at radius 2 is 1.72 bits per heavy atom. The van der Waals surface area contributed by atoms with E-state index in [0.29, 0.717) is 18.2 Å². The summed E-state index contributed by atoms with van der Waals surface area (Å²) in [4.78, 5) is 19.4. The summed E-state index contributed by atoms with van der Waals surface area (Å²) in [6.07, 6.45) is 6.53. The maximum Gasteiger partial charge on any atom is 0.356 e. The molecule has 1 fully saturated rings. The minimum atomic E-state index is -0.379. The summed E-state index contributed by atoms with van der Waals surface area (Å²) in [6.45, 7) is 6.05. The van der Waals surface area contributed by atoms with Crippen molar-refractivity contribution in [3.05, 3.63) is 89.6 Å². The van der Waals surface area contributed by atoms with Gasteiger partial charge in [0.1, 0.15) is 11.4 Å². The molecule has 1 saturated carbocycles. The van der Waals surface area contributed by atoms with Crippen LogP contribution in [0.4, 0.5) is 5.69 Å². The molecule has 0 unspecified atom stereocenters. The van der Waals surface area contributed by atoms with Gasteiger partial charge in [0.15, 0.2) is 0 Å². The standard InChI is InChI=1S/C34H38N2O3/c1-4-39-34(37)31-19-18-29-30(35-31)11-8-12-32(29)36(22-25-9-6-5-7-10-25)23-26-13-15-27(16-14-26)28-17-20-33(38-3)24(2)21-28/h8,11-21,25H,4-7,9-10,22-23H2,1-3H3. The lowest BCUT2D eigenvalue weighted by Crippen LogP contribution is -2.30. The van der Waals surface area contributed by atoms with Crippen LogP contribution in [0.25, 0.3) is 22.0 Å². The number of methoxy groups -OCH3 is 1. The van der Waals surface area contributed by atoms with Crippen molar-refractivity contribution < 1.29 is 14.3 Å². The number of esters is 1.